The van der Waals surface area contributed by atoms with Gasteiger partial charge in [0.1, 0.15) is 5.75 Å². The normalized spacial score (nSPS) is 19.3. The molecule has 0 aromatic heterocycles. The van der Waals surface area contributed by atoms with Gasteiger partial charge in [-0.2, -0.15) is 0 Å². The van der Waals surface area contributed by atoms with Crippen LogP contribution in [0.1, 0.15) is 35.3 Å². The maximum absolute atomic E-state index is 10.9. The van der Waals surface area contributed by atoms with E-state index in [1.807, 2.05) is 6.07 Å². The van der Waals surface area contributed by atoms with Crippen molar-refractivity contribution in [2.45, 2.75) is 39.8 Å². The molecule has 2 unspecified atom stereocenters. The SMILES string of the molecule is COc1cc(C)c(C(O)C(C)N2CCNCC2)c(C)c1C. The second kappa shape index (κ2) is 6.77. The second-order valence-electron chi connectivity index (χ2n) is 6.03. The highest BCUT2D eigenvalue weighted by atomic mass is 16.5. The lowest BCUT2D eigenvalue weighted by molar-refractivity contribution is 0.0502. The standard InChI is InChI=1S/C17H28N2O2/c1-11-10-15(21-5)12(2)13(3)16(11)17(20)14(4)19-8-6-18-7-9-19/h10,14,17-18,20H,6-9H2,1-5H3. The zero-order chi connectivity index (χ0) is 15.6. The molecular formula is C17H28N2O2. The summed E-state index contributed by atoms with van der Waals surface area (Å²) >= 11 is 0. The molecule has 1 heterocycles. The number of rotatable bonds is 4. The van der Waals surface area contributed by atoms with E-state index in [4.69, 9.17) is 4.74 Å². The molecule has 4 heteroatoms. The lowest BCUT2D eigenvalue weighted by Gasteiger charge is -2.36. The van der Waals surface area contributed by atoms with Gasteiger partial charge >= 0.3 is 0 Å². The minimum absolute atomic E-state index is 0.122. The maximum atomic E-state index is 10.9. The zero-order valence-electron chi connectivity index (χ0n) is 13.9. The summed E-state index contributed by atoms with van der Waals surface area (Å²) in [5, 5.41) is 14.2. The Morgan fingerprint density at radius 2 is 1.81 bits per heavy atom. The second-order valence-corrected chi connectivity index (χ2v) is 6.03. The van der Waals surface area contributed by atoms with Gasteiger partial charge in [0, 0.05) is 32.2 Å². The van der Waals surface area contributed by atoms with E-state index in [9.17, 15) is 5.11 Å². The highest BCUT2D eigenvalue weighted by molar-refractivity contribution is 5.49. The van der Waals surface area contributed by atoms with Crippen LogP contribution in [0.3, 0.4) is 0 Å². The van der Waals surface area contributed by atoms with E-state index in [2.05, 4.69) is 37.9 Å². The summed E-state index contributed by atoms with van der Waals surface area (Å²) in [5.74, 6) is 0.899. The van der Waals surface area contributed by atoms with E-state index in [0.29, 0.717) is 0 Å². The number of methoxy groups -OCH3 is 1. The van der Waals surface area contributed by atoms with Crippen molar-refractivity contribution < 1.29 is 9.84 Å². The third-order valence-corrected chi connectivity index (χ3v) is 4.81. The van der Waals surface area contributed by atoms with Crippen LogP contribution >= 0.6 is 0 Å². The van der Waals surface area contributed by atoms with E-state index >= 15 is 0 Å². The zero-order valence-corrected chi connectivity index (χ0v) is 13.9. The first-order valence-corrected chi connectivity index (χ1v) is 7.75. The minimum atomic E-state index is -0.465. The van der Waals surface area contributed by atoms with Gasteiger partial charge < -0.3 is 15.2 Å². The highest BCUT2D eigenvalue weighted by Gasteiger charge is 2.27. The Bertz CT molecular complexity index is 496. The number of aliphatic hydroxyl groups excluding tert-OH is 1. The van der Waals surface area contributed by atoms with Gasteiger partial charge in [-0.05, 0) is 56.0 Å². The first-order valence-electron chi connectivity index (χ1n) is 7.75. The molecular weight excluding hydrogens is 264 g/mol. The van der Waals surface area contributed by atoms with Gasteiger partial charge in [0.05, 0.1) is 13.2 Å². The molecule has 0 radical (unpaired) electrons. The van der Waals surface area contributed by atoms with Gasteiger partial charge in [-0.1, -0.05) is 0 Å². The van der Waals surface area contributed by atoms with Crippen LogP contribution in [0.2, 0.25) is 0 Å². The third kappa shape index (κ3) is 3.23. The number of benzene rings is 1. The van der Waals surface area contributed by atoms with Crippen molar-refractivity contribution in [3.05, 3.63) is 28.3 Å². The van der Waals surface area contributed by atoms with Crippen LogP contribution < -0.4 is 10.1 Å². The molecule has 1 aliphatic heterocycles. The van der Waals surface area contributed by atoms with Gasteiger partial charge in [-0.3, -0.25) is 4.90 Å². The van der Waals surface area contributed by atoms with Gasteiger partial charge in [0.15, 0.2) is 0 Å². The molecule has 0 spiro atoms. The van der Waals surface area contributed by atoms with Crippen LogP contribution in [-0.4, -0.2) is 49.3 Å². The summed E-state index contributed by atoms with van der Waals surface area (Å²) in [4.78, 5) is 2.36. The van der Waals surface area contributed by atoms with Crippen molar-refractivity contribution in [2.75, 3.05) is 33.3 Å². The molecule has 2 rings (SSSR count). The number of hydrogen-bond donors (Lipinski definition) is 2. The fourth-order valence-corrected chi connectivity index (χ4v) is 3.26. The highest BCUT2D eigenvalue weighted by Crippen LogP contribution is 2.33. The summed E-state index contributed by atoms with van der Waals surface area (Å²) < 4.78 is 5.42. The van der Waals surface area contributed by atoms with Crippen molar-refractivity contribution in [1.29, 1.82) is 0 Å². The van der Waals surface area contributed by atoms with Gasteiger partial charge in [0.2, 0.25) is 0 Å². The molecule has 4 nitrogen and oxygen atoms in total. The fourth-order valence-electron chi connectivity index (χ4n) is 3.26. The van der Waals surface area contributed by atoms with Crippen LogP contribution in [0.15, 0.2) is 6.07 Å². The molecule has 1 fully saturated rings. The van der Waals surface area contributed by atoms with Crippen molar-refractivity contribution in [3.63, 3.8) is 0 Å². The van der Waals surface area contributed by atoms with E-state index in [1.54, 1.807) is 7.11 Å². The quantitative estimate of drug-likeness (QED) is 0.890. The van der Waals surface area contributed by atoms with E-state index < -0.39 is 6.10 Å². The molecule has 0 bridgehead atoms. The summed E-state index contributed by atoms with van der Waals surface area (Å²) in [7, 11) is 1.70. The first kappa shape index (κ1) is 16.3. The van der Waals surface area contributed by atoms with Gasteiger partial charge in [0.25, 0.3) is 0 Å². The number of piperazine rings is 1. The number of nitrogens with one attached hydrogen (secondary N) is 1. The van der Waals surface area contributed by atoms with E-state index in [0.717, 1.165) is 54.2 Å². The van der Waals surface area contributed by atoms with E-state index in [-0.39, 0.29) is 6.04 Å². The van der Waals surface area contributed by atoms with E-state index in [1.165, 1.54) is 0 Å². The molecule has 21 heavy (non-hydrogen) atoms. The number of nitrogens with zero attached hydrogens (tertiary/aromatic N) is 1. The molecule has 0 aliphatic carbocycles. The van der Waals surface area contributed by atoms with Crippen LogP contribution in [0.25, 0.3) is 0 Å². The Labute approximate surface area is 128 Å². The molecule has 0 saturated carbocycles. The lowest BCUT2D eigenvalue weighted by atomic mass is 9.90. The molecule has 2 atom stereocenters. The number of aliphatic hydroxyl groups is 1. The maximum Gasteiger partial charge on any atom is 0.122 e. The Hall–Kier alpha value is -1.10. The molecule has 1 aromatic rings. The van der Waals surface area contributed by atoms with Crippen LogP contribution in [-0.2, 0) is 0 Å². The molecule has 1 aliphatic rings. The fraction of sp³-hybridized carbons (Fsp3) is 0.647. The lowest BCUT2D eigenvalue weighted by Crippen LogP contribution is -2.49. The van der Waals surface area contributed by atoms with Crippen molar-refractivity contribution in [1.82, 2.24) is 10.2 Å². The predicted molar refractivity (Wildman–Crippen MR) is 86.1 cm³/mol. The van der Waals surface area contributed by atoms with Crippen molar-refractivity contribution >= 4 is 0 Å². The predicted octanol–water partition coefficient (Wildman–Crippen LogP) is 1.95. The molecule has 0 amide bonds. The first-order chi connectivity index (χ1) is 9.97. The number of aryl methyl sites for hydroxylation is 1. The van der Waals surface area contributed by atoms with Gasteiger partial charge in [-0.15, -0.1) is 0 Å². The van der Waals surface area contributed by atoms with Crippen LogP contribution in [0, 0.1) is 20.8 Å². The molecule has 118 valence electrons. The summed E-state index contributed by atoms with van der Waals surface area (Å²) in [6, 6.07) is 2.16. The Morgan fingerprint density at radius 3 is 2.38 bits per heavy atom. The average molecular weight is 292 g/mol. The average Bonchev–Trinajstić information content (AvgIpc) is 2.50. The summed E-state index contributed by atoms with van der Waals surface area (Å²) in [6.07, 6.45) is -0.465. The topological polar surface area (TPSA) is 44.7 Å². The Kier molecular flexibility index (Phi) is 5.25. The van der Waals surface area contributed by atoms with Crippen LogP contribution in [0.4, 0.5) is 0 Å². The number of ether oxygens (including phenoxy) is 1. The Balaban J connectivity index is 2.29. The van der Waals surface area contributed by atoms with Crippen molar-refractivity contribution in [3.8, 4) is 5.75 Å². The largest absolute Gasteiger partial charge is 0.496 e. The van der Waals surface area contributed by atoms with Gasteiger partial charge in [-0.25, -0.2) is 0 Å². The van der Waals surface area contributed by atoms with Crippen molar-refractivity contribution in [2.24, 2.45) is 0 Å². The Morgan fingerprint density at radius 1 is 1.19 bits per heavy atom. The molecule has 1 aromatic carbocycles. The molecule has 1 saturated heterocycles. The molecule has 2 N–H and O–H groups in total. The smallest absolute Gasteiger partial charge is 0.122 e. The number of hydrogen-bond acceptors (Lipinski definition) is 4. The monoisotopic (exact) mass is 292 g/mol. The summed E-state index contributed by atoms with van der Waals surface area (Å²) in [6.45, 7) is 12.3. The summed E-state index contributed by atoms with van der Waals surface area (Å²) in [5.41, 5.74) is 4.41. The van der Waals surface area contributed by atoms with Crippen LogP contribution in [0.5, 0.6) is 5.75 Å². The minimum Gasteiger partial charge on any atom is -0.496 e. The third-order valence-electron chi connectivity index (χ3n) is 4.81.